The van der Waals surface area contributed by atoms with Crippen LogP contribution in [0, 0.1) is 0 Å². The highest BCUT2D eigenvalue weighted by molar-refractivity contribution is 6.30. The number of methoxy groups -OCH3 is 1. The number of ether oxygens (including phenoxy) is 1. The maximum absolute atomic E-state index is 11.5. The molecule has 0 fully saturated rings. The number of ketones is 1. The molecule has 0 aromatic heterocycles. The smallest absolute Gasteiger partial charge is 0.139 e. The topological polar surface area (TPSA) is 26.3 Å². The number of rotatable bonds is 3. The van der Waals surface area contributed by atoms with E-state index in [-0.39, 0.29) is 5.78 Å². The van der Waals surface area contributed by atoms with Crippen molar-refractivity contribution in [2.24, 2.45) is 0 Å². The van der Waals surface area contributed by atoms with Crippen LogP contribution >= 0.6 is 11.6 Å². The zero-order valence-corrected chi connectivity index (χ0v) is 10.2. The Morgan fingerprint density at radius 3 is 2.47 bits per heavy atom. The highest BCUT2D eigenvalue weighted by atomic mass is 35.5. The average Bonchev–Trinajstić information content (AvgIpc) is 2.17. The minimum atomic E-state index is -0.573. The van der Waals surface area contributed by atoms with Crippen molar-refractivity contribution in [2.45, 2.75) is 26.2 Å². The van der Waals surface area contributed by atoms with Crippen LogP contribution in [0.4, 0.5) is 0 Å². The summed E-state index contributed by atoms with van der Waals surface area (Å²) < 4.78 is 5.23. The van der Waals surface area contributed by atoms with Crippen molar-refractivity contribution >= 4 is 17.4 Å². The molecule has 0 spiro atoms. The van der Waals surface area contributed by atoms with Gasteiger partial charge in [-0.2, -0.15) is 0 Å². The van der Waals surface area contributed by atoms with Crippen LogP contribution in [0.5, 0.6) is 5.75 Å². The SMILES string of the molecule is COc1ccc(Cl)cc1C(C)(C)C(C)=O. The maximum atomic E-state index is 11.5. The number of benzene rings is 1. The third-order valence-corrected chi connectivity index (χ3v) is 2.95. The van der Waals surface area contributed by atoms with Gasteiger partial charge in [0.15, 0.2) is 0 Å². The van der Waals surface area contributed by atoms with Gasteiger partial charge in [-0.15, -0.1) is 0 Å². The first kappa shape index (κ1) is 12.1. The quantitative estimate of drug-likeness (QED) is 0.791. The van der Waals surface area contributed by atoms with Crippen molar-refractivity contribution in [2.75, 3.05) is 7.11 Å². The van der Waals surface area contributed by atoms with Crippen molar-refractivity contribution < 1.29 is 9.53 Å². The van der Waals surface area contributed by atoms with Gasteiger partial charge < -0.3 is 4.74 Å². The first-order chi connectivity index (χ1) is 6.89. The van der Waals surface area contributed by atoms with Gasteiger partial charge in [-0.3, -0.25) is 4.79 Å². The Morgan fingerprint density at radius 1 is 1.40 bits per heavy atom. The molecule has 0 saturated heterocycles. The molecule has 3 heteroatoms. The molecule has 82 valence electrons. The fraction of sp³-hybridized carbons (Fsp3) is 0.417. The van der Waals surface area contributed by atoms with Crippen LogP contribution in [0.15, 0.2) is 18.2 Å². The Balaban J connectivity index is 3.34. The monoisotopic (exact) mass is 226 g/mol. The molecule has 0 amide bonds. The second-order valence-electron chi connectivity index (χ2n) is 4.03. The molecule has 0 unspecified atom stereocenters. The molecule has 0 bridgehead atoms. The lowest BCUT2D eigenvalue weighted by molar-refractivity contribution is -0.121. The van der Waals surface area contributed by atoms with E-state index < -0.39 is 5.41 Å². The molecule has 0 aliphatic carbocycles. The molecule has 1 aromatic carbocycles. The van der Waals surface area contributed by atoms with Crippen LogP contribution in [0.3, 0.4) is 0 Å². The van der Waals surface area contributed by atoms with E-state index >= 15 is 0 Å². The third kappa shape index (κ3) is 2.32. The van der Waals surface area contributed by atoms with E-state index in [1.807, 2.05) is 13.8 Å². The van der Waals surface area contributed by atoms with Gasteiger partial charge in [0.25, 0.3) is 0 Å². The molecule has 0 atom stereocenters. The molecule has 1 aromatic rings. The van der Waals surface area contributed by atoms with E-state index in [9.17, 15) is 4.79 Å². The molecule has 0 radical (unpaired) electrons. The largest absolute Gasteiger partial charge is 0.496 e. The van der Waals surface area contributed by atoms with E-state index in [0.29, 0.717) is 10.8 Å². The van der Waals surface area contributed by atoms with E-state index in [2.05, 4.69) is 0 Å². The van der Waals surface area contributed by atoms with Crippen LogP contribution in [-0.4, -0.2) is 12.9 Å². The summed E-state index contributed by atoms with van der Waals surface area (Å²) in [6.07, 6.45) is 0. The van der Waals surface area contributed by atoms with E-state index in [4.69, 9.17) is 16.3 Å². The van der Waals surface area contributed by atoms with Crippen LogP contribution in [0.1, 0.15) is 26.3 Å². The summed E-state index contributed by atoms with van der Waals surface area (Å²) in [5.41, 5.74) is 0.251. The Hall–Kier alpha value is -1.02. The van der Waals surface area contributed by atoms with Gasteiger partial charge >= 0.3 is 0 Å². The van der Waals surface area contributed by atoms with Crippen LogP contribution in [0.2, 0.25) is 5.02 Å². The van der Waals surface area contributed by atoms with Crippen LogP contribution in [0.25, 0.3) is 0 Å². The Morgan fingerprint density at radius 2 is 2.00 bits per heavy atom. The fourth-order valence-electron chi connectivity index (χ4n) is 1.36. The average molecular weight is 227 g/mol. The lowest BCUT2D eigenvalue weighted by Gasteiger charge is -2.24. The van der Waals surface area contributed by atoms with Gasteiger partial charge in [-0.25, -0.2) is 0 Å². The molecule has 0 aliphatic heterocycles. The zero-order valence-electron chi connectivity index (χ0n) is 9.43. The number of hydrogen-bond acceptors (Lipinski definition) is 2. The third-order valence-electron chi connectivity index (χ3n) is 2.72. The fourth-order valence-corrected chi connectivity index (χ4v) is 1.53. The minimum absolute atomic E-state index is 0.0862. The number of carbonyl (C=O) groups is 1. The second kappa shape index (κ2) is 4.23. The Kier molecular flexibility index (Phi) is 3.40. The maximum Gasteiger partial charge on any atom is 0.139 e. The molecule has 1 rings (SSSR count). The van der Waals surface area contributed by atoms with Crippen molar-refractivity contribution in [3.8, 4) is 5.75 Å². The van der Waals surface area contributed by atoms with Gasteiger partial charge in [0, 0.05) is 10.6 Å². The molecule has 0 aliphatic rings. The van der Waals surface area contributed by atoms with Crippen molar-refractivity contribution in [1.82, 2.24) is 0 Å². The van der Waals surface area contributed by atoms with Crippen molar-refractivity contribution in [1.29, 1.82) is 0 Å². The summed E-state index contributed by atoms with van der Waals surface area (Å²) in [5, 5.41) is 0.611. The first-order valence-corrected chi connectivity index (χ1v) is 5.12. The molecule has 0 saturated carbocycles. The van der Waals surface area contributed by atoms with Gasteiger partial charge in [0.1, 0.15) is 11.5 Å². The summed E-state index contributed by atoms with van der Waals surface area (Å²) in [6, 6.07) is 5.31. The normalized spacial score (nSPS) is 11.3. The zero-order chi connectivity index (χ0) is 11.6. The second-order valence-corrected chi connectivity index (χ2v) is 4.46. The highest BCUT2D eigenvalue weighted by Crippen LogP contribution is 2.34. The Bertz CT molecular complexity index is 383. The van der Waals surface area contributed by atoms with Crippen molar-refractivity contribution in [3.63, 3.8) is 0 Å². The first-order valence-electron chi connectivity index (χ1n) is 4.74. The molecule has 0 heterocycles. The molecule has 0 N–H and O–H groups in total. The summed E-state index contributed by atoms with van der Waals surface area (Å²) in [5.74, 6) is 0.780. The molecular formula is C12H15ClO2. The van der Waals surface area contributed by atoms with Gasteiger partial charge in [-0.1, -0.05) is 11.6 Å². The lowest BCUT2D eigenvalue weighted by atomic mass is 9.81. The predicted molar refractivity (Wildman–Crippen MR) is 61.7 cm³/mol. The van der Waals surface area contributed by atoms with E-state index in [0.717, 1.165) is 5.56 Å². The number of hydrogen-bond donors (Lipinski definition) is 0. The standard InChI is InChI=1S/C12H15ClO2/c1-8(14)12(2,3)10-7-9(13)5-6-11(10)15-4/h5-7H,1-4H3. The predicted octanol–water partition coefficient (Wildman–Crippen LogP) is 3.22. The molecule has 15 heavy (non-hydrogen) atoms. The van der Waals surface area contributed by atoms with Crippen LogP contribution in [-0.2, 0) is 10.2 Å². The molecular weight excluding hydrogens is 212 g/mol. The number of Topliss-reactive ketones (excluding diaryl/α,β-unsaturated/α-hetero) is 1. The van der Waals surface area contributed by atoms with Gasteiger partial charge in [0.05, 0.1) is 12.5 Å². The Labute approximate surface area is 95.2 Å². The summed E-state index contributed by atoms with van der Waals surface area (Å²) in [4.78, 5) is 11.5. The van der Waals surface area contributed by atoms with Crippen LogP contribution < -0.4 is 4.74 Å². The minimum Gasteiger partial charge on any atom is -0.496 e. The summed E-state index contributed by atoms with van der Waals surface area (Å²) in [7, 11) is 1.59. The van der Waals surface area contributed by atoms with E-state index in [1.54, 1.807) is 32.2 Å². The molecule has 2 nitrogen and oxygen atoms in total. The van der Waals surface area contributed by atoms with Gasteiger partial charge in [0.2, 0.25) is 0 Å². The van der Waals surface area contributed by atoms with Gasteiger partial charge in [-0.05, 0) is 39.0 Å². The van der Waals surface area contributed by atoms with E-state index in [1.165, 1.54) is 0 Å². The lowest BCUT2D eigenvalue weighted by Crippen LogP contribution is -2.27. The highest BCUT2D eigenvalue weighted by Gasteiger charge is 2.29. The number of carbonyl (C=O) groups excluding carboxylic acids is 1. The van der Waals surface area contributed by atoms with Crippen molar-refractivity contribution in [3.05, 3.63) is 28.8 Å². The summed E-state index contributed by atoms with van der Waals surface area (Å²) >= 11 is 5.92. The summed E-state index contributed by atoms with van der Waals surface area (Å²) in [6.45, 7) is 5.30. The number of halogens is 1.